The van der Waals surface area contributed by atoms with Gasteiger partial charge in [0.25, 0.3) is 11.7 Å². The number of nitrogens with zero attached hydrogens (tertiary/aromatic N) is 1. The SMILES string of the molecule is CCOc1cc([C@@H]2C(=C(O)c3ccc4c(c3)C[C@H](C)O4)C(=O)C(=O)N2CCOC)ccc1OCc1ccccc1. The summed E-state index contributed by atoms with van der Waals surface area (Å²) in [6.07, 6.45) is 0.733. The van der Waals surface area contributed by atoms with Crippen LogP contribution >= 0.6 is 0 Å². The molecule has 1 fully saturated rings. The van der Waals surface area contributed by atoms with Crippen LogP contribution in [0.5, 0.6) is 17.2 Å². The summed E-state index contributed by atoms with van der Waals surface area (Å²) in [5, 5.41) is 11.5. The van der Waals surface area contributed by atoms with Crippen molar-refractivity contribution in [1.82, 2.24) is 4.90 Å². The molecule has 2 heterocycles. The summed E-state index contributed by atoms with van der Waals surface area (Å²) in [6.45, 7) is 5.00. The van der Waals surface area contributed by atoms with Gasteiger partial charge in [0.05, 0.1) is 24.8 Å². The Labute approximate surface area is 233 Å². The Kier molecular flexibility index (Phi) is 8.07. The molecule has 0 aliphatic carbocycles. The second-order valence-electron chi connectivity index (χ2n) is 9.85. The van der Waals surface area contributed by atoms with Gasteiger partial charge < -0.3 is 29.0 Å². The van der Waals surface area contributed by atoms with Crippen LogP contribution in [0.1, 0.15) is 42.1 Å². The standard InChI is InChI=1S/C32H33NO7/c1-4-38-27-18-22(10-13-26(27)39-19-21-8-6-5-7-9-21)29-28(31(35)32(36)33(29)14-15-37-3)30(34)23-11-12-25-24(17-23)16-20(2)40-25/h5-13,17-18,20,29,34H,4,14-16,19H2,1-3H3/t20-,29+/m0/s1. The lowest BCUT2D eigenvalue weighted by Crippen LogP contribution is -2.32. The number of benzene rings is 3. The molecular weight excluding hydrogens is 510 g/mol. The Hall–Kier alpha value is -4.30. The summed E-state index contributed by atoms with van der Waals surface area (Å²) >= 11 is 0. The van der Waals surface area contributed by atoms with Crippen molar-refractivity contribution in [2.75, 3.05) is 26.9 Å². The smallest absolute Gasteiger partial charge is 0.295 e. The summed E-state index contributed by atoms with van der Waals surface area (Å²) in [6, 6.07) is 19.6. The van der Waals surface area contributed by atoms with E-state index in [9.17, 15) is 14.7 Å². The van der Waals surface area contributed by atoms with Crippen molar-refractivity contribution in [2.45, 2.75) is 39.0 Å². The first-order valence-electron chi connectivity index (χ1n) is 13.4. The molecule has 3 aromatic rings. The van der Waals surface area contributed by atoms with Crippen molar-refractivity contribution in [3.63, 3.8) is 0 Å². The highest BCUT2D eigenvalue weighted by atomic mass is 16.5. The lowest BCUT2D eigenvalue weighted by molar-refractivity contribution is -0.140. The minimum absolute atomic E-state index is 0.0217. The van der Waals surface area contributed by atoms with Gasteiger partial charge >= 0.3 is 0 Å². The topological polar surface area (TPSA) is 94.5 Å². The molecule has 2 atom stereocenters. The maximum atomic E-state index is 13.4. The third-order valence-corrected chi connectivity index (χ3v) is 7.07. The average Bonchev–Trinajstić information content (AvgIpc) is 3.46. The number of hydrogen-bond donors (Lipinski definition) is 1. The molecule has 0 spiro atoms. The van der Waals surface area contributed by atoms with E-state index in [1.807, 2.05) is 50.2 Å². The molecule has 1 amide bonds. The molecule has 40 heavy (non-hydrogen) atoms. The van der Waals surface area contributed by atoms with Gasteiger partial charge in [-0.1, -0.05) is 36.4 Å². The summed E-state index contributed by atoms with van der Waals surface area (Å²) < 4.78 is 23.0. The second kappa shape index (κ2) is 11.8. The van der Waals surface area contributed by atoms with Gasteiger partial charge in [-0.15, -0.1) is 0 Å². The van der Waals surface area contributed by atoms with Crippen LogP contribution in [0.2, 0.25) is 0 Å². The molecule has 8 heteroatoms. The number of hydrogen-bond acceptors (Lipinski definition) is 7. The molecule has 3 aromatic carbocycles. The largest absolute Gasteiger partial charge is 0.507 e. The minimum Gasteiger partial charge on any atom is -0.507 e. The third-order valence-electron chi connectivity index (χ3n) is 7.07. The summed E-state index contributed by atoms with van der Waals surface area (Å²) in [7, 11) is 1.53. The number of amides is 1. The number of ether oxygens (including phenoxy) is 4. The van der Waals surface area contributed by atoms with Crippen LogP contribution < -0.4 is 14.2 Å². The number of rotatable bonds is 10. The molecule has 5 rings (SSSR count). The number of fused-ring (bicyclic) bond motifs is 1. The van der Waals surface area contributed by atoms with Crippen LogP contribution in [0.15, 0.2) is 72.3 Å². The van der Waals surface area contributed by atoms with E-state index in [0.717, 1.165) is 16.9 Å². The number of aliphatic hydroxyl groups excluding tert-OH is 1. The normalized spacial score (nSPS) is 19.4. The minimum atomic E-state index is -0.832. The highest BCUT2D eigenvalue weighted by Crippen LogP contribution is 2.43. The predicted molar refractivity (Wildman–Crippen MR) is 150 cm³/mol. The quantitative estimate of drug-likeness (QED) is 0.217. The van der Waals surface area contributed by atoms with Crippen LogP contribution in [0.25, 0.3) is 5.76 Å². The monoisotopic (exact) mass is 543 g/mol. The first-order valence-corrected chi connectivity index (χ1v) is 13.4. The van der Waals surface area contributed by atoms with Crippen LogP contribution in [0.3, 0.4) is 0 Å². The number of methoxy groups -OCH3 is 1. The Morgan fingerprint density at radius 3 is 2.58 bits per heavy atom. The highest BCUT2D eigenvalue weighted by Gasteiger charge is 2.46. The third kappa shape index (κ3) is 5.40. The first-order chi connectivity index (χ1) is 19.4. The molecular formula is C32H33NO7. The van der Waals surface area contributed by atoms with Crippen LogP contribution in [0, 0.1) is 0 Å². The van der Waals surface area contributed by atoms with E-state index in [1.54, 1.807) is 30.3 Å². The molecule has 8 nitrogen and oxygen atoms in total. The van der Waals surface area contributed by atoms with Gasteiger partial charge in [-0.25, -0.2) is 0 Å². The number of carbonyl (C=O) groups excluding carboxylic acids is 2. The Balaban J connectivity index is 1.55. The molecule has 2 aliphatic rings. The summed E-state index contributed by atoms with van der Waals surface area (Å²) in [5.74, 6) is 0.115. The van der Waals surface area contributed by atoms with Gasteiger partial charge in [0.2, 0.25) is 0 Å². The van der Waals surface area contributed by atoms with Crippen LogP contribution in [-0.2, 0) is 27.4 Å². The fourth-order valence-electron chi connectivity index (χ4n) is 5.19. The molecule has 0 bridgehead atoms. The summed E-state index contributed by atoms with van der Waals surface area (Å²) in [4.78, 5) is 28.0. The number of carbonyl (C=O) groups is 2. The van der Waals surface area contributed by atoms with Crippen molar-refractivity contribution < 1.29 is 33.6 Å². The van der Waals surface area contributed by atoms with Crippen molar-refractivity contribution in [1.29, 1.82) is 0 Å². The molecule has 0 unspecified atom stereocenters. The van der Waals surface area contributed by atoms with Crippen molar-refractivity contribution in [3.8, 4) is 17.2 Å². The highest BCUT2D eigenvalue weighted by molar-refractivity contribution is 6.46. The number of ketones is 1. The maximum Gasteiger partial charge on any atom is 0.295 e. The van der Waals surface area contributed by atoms with E-state index in [0.29, 0.717) is 42.3 Å². The molecule has 0 radical (unpaired) electrons. The molecule has 1 saturated heterocycles. The number of Topliss-reactive ketones (excluding diaryl/α,β-unsaturated/α-hetero) is 1. The Morgan fingerprint density at radius 2 is 1.82 bits per heavy atom. The Bertz CT molecular complexity index is 1430. The van der Waals surface area contributed by atoms with E-state index in [-0.39, 0.29) is 30.6 Å². The van der Waals surface area contributed by atoms with E-state index in [4.69, 9.17) is 18.9 Å². The van der Waals surface area contributed by atoms with Gasteiger partial charge in [0, 0.05) is 25.6 Å². The fourth-order valence-corrected chi connectivity index (χ4v) is 5.19. The van der Waals surface area contributed by atoms with Gasteiger partial charge in [0.1, 0.15) is 24.2 Å². The Morgan fingerprint density at radius 1 is 1.02 bits per heavy atom. The molecule has 0 saturated carbocycles. The zero-order valence-electron chi connectivity index (χ0n) is 22.9. The van der Waals surface area contributed by atoms with Crippen molar-refractivity contribution in [2.24, 2.45) is 0 Å². The van der Waals surface area contributed by atoms with E-state index in [1.165, 1.54) is 12.0 Å². The van der Waals surface area contributed by atoms with Gasteiger partial charge in [0.15, 0.2) is 11.5 Å². The molecule has 0 aromatic heterocycles. The first kappa shape index (κ1) is 27.3. The lowest BCUT2D eigenvalue weighted by atomic mass is 9.94. The van der Waals surface area contributed by atoms with Crippen LogP contribution in [0.4, 0.5) is 0 Å². The zero-order valence-corrected chi connectivity index (χ0v) is 22.9. The molecule has 1 N–H and O–H groups in total. The van der Waals surface area contributed by atoms with Crippen molar-refractivity contribution in [3.05, 3.63) is 94.6 Å². The van der Waals surface area contributed by atoms with E-state index in [2.05, 4.69) is 0 Å². The maximum absolute atomic E-state index is 13.4. The lowest BCUT2D eigenvalue weighted by Gasteiger charge is -2.26. The van der Waals surface area contributed by atoms with E-state index < -0.39 is 17.7 Å². The van der Waals surface area contributed by atoms with Crippen LogP contribution in [-0.4, -0.2) is 54.7 Å². The fraction of sp³-hybridized carbons (Fsp3) is 0.312. The predicted octanol–water partition coefficient (Wildman–Crippen LogP) is 5.06. The van der Waals surface area contributed by atoms with E-state index >= 15 is 0 Å². The van der Waals surface area contributed by atoms with Gasteiger partial charge in [-0.2, -0.15) is 0 Å². The zero-order chi connectivity index (χ0) is 28.2. The number of likely N-dealkylation sites (tertiary alicyclic amines) is 1. The van der Waals surface area contributed by atoms with Gasteiger partial charge in [-0.05, 0) is 60.9 Å². The van der Waals surface area contributed by atoms with Crippen molar-refractivity contribution >= 4 is 17.4 Å². The van der Waals surface area contributed by atoms with Gasteiger partial charge in [-0.3, -0.25) is 9.59 Å². The second-order valence-corrected chi connectivity index (χ2v) is 9.85. The number of aliphatic hydroxyl groups is 1. The molecule has 2 aliphatic heterocycles. The molecule has 208 valence electrons. The summed E-state index contributed by atoms with van der Waals surface area (Å²) in [5.41, 5.74) is 3.05. The average molecular weight is 544 g/mol.